The number of amides is 4. The zero-order valence-electron chi connectivity index (χ0n) is 28.0. The van der Waals surface area contributed by atoms with Crippen molar-refractivity contribution in [3.63, 3.8) is 0 Å². The quantitative estimate of drug-likeness (QED) is 0.323. The summed E-state index contributed by atoms with van der Waals surface area (Å²) in [7, 11) is 1.60. The van der Waals surface area contributed by atoms with E-state index in [4.69, 9.17) is 14.9 Å². The molecule has 15 heteroatoms. The average Bonchev–Trinajstić information content (AvgIpc) is 3.77. The average molecular weight is 703 g/mol. The Labute approximate surface area is 293 Å². The Bertz CT molecular complexity index is 1750. The second-order valence-electron chi connectivity index (χ2n) is 13.5. The third-order valence-corrected chi connectivity index (χ3v) is 11.1. The number of aromatic nitrogens is 4. The molecule has 5 atom stereocenters. The number of rotatable bonds is 6. The fourth-order valence-electron chi connectivity index (χ4n) is 7.32. The number of ether oxygens (including phenoxy) is 1. The van der Waals surface area contributed by atoms with Gasteiger partial charge in [-0.15, -0.1) is 16.4 Å². The summed E-state index contributed by atoms with van der Waals surface area (Å²) in [6.45, 7) is 1.37. The number of nitrogens with one attached hydrogen (secondary N) is 2. The van der Waals surface area contributed by atoms with Gasteiger partial charge in [0.2, 0.25) is 11.8 Å². The number of aliphatic carboxylic acids is 1. The van der Waals surface area contributed by atoms with Gasteiger partial charge in [0.15, 0.2) is 0 Å². The van der Waals surface area contributed by atoms with Gasteiger partial charge in [0.1, 0.15) is 39.8 Å². The third-order valence-electron chi connectivity index (χ3n) is 10.3. The molecule has 1 aliphatic carbocycles. The summed E-state index contributed by atoms with van der Waals surface area (Å²) < 4.78 is 5.34. The van der Waals surface area contributed by atoms with Crippen molar-refractivity contribution in [1.82, 2.24) is 40.4 Å². The standard InChI is InChI=1S/C35H42N8O6S/c1-49-25-13-11-22(12-14-25)28-29(31-36-15-18-50-31)40-43(39-28)24-19-27-30(44)38-35(33(46)47)20-23(35)9-5-3-2-4-6-10-26(32(45)42(27)21-24)37-34(48)41-16-7-8-17-41/h5,9,11-15,18,23-24,26-27H,2-4,6-8,10,16-17,19-21H2,1H3,(H,37,48)(H,38,44)(H,46,47)/t23-,24-,26+,27+,35-/m1/s1. The maximum Gasteiger partial charge on any atom is 0.330 e. The maximum absolute atomic E-state index is 14.5. The van der Waals surface area contributed by atoms with Gasteiger partial charge in [0.25, 0.3) is 0 Å². The van der Waals surface area contributed by atoms with E-state index >= 15 is 0 Å². The first kappa shape index (κ1) is 33.7. The Morgan fingerprint density at radius 1 is 1.06 bits per heavy atom. The van der Waals surface area contributed by atoms with Crippen molar-refractivity contribution in [2.45, 2.75) is 81.5 Å². The molecule has 3 aromatic rings. The number of carbonyl (C=O) groups excluding carboxylic acids is 3. The van der Waals surface area contributed by atoms with Gasteiger partial charge in [-0.25, -0.2) is 14.6 Å². The van der Waals surface area contributed by atoms with Crippen LogP contribution in [-0.4, -0.2) is 103 Å². The van der Waals surface area contributed by atoms with Gasteiger partial charge in [-0.3, -0.25) is 9.59 Å². The van der Waals surface area contributed by atoms with E-state index in [0.717, 1.165) is 37.7 Å². The fraction of sp³-hybridized carbons (Fsp3) is 0.514. The van der Waals surface area contributed by atoms with E-state index in [2.05, 4.69) is 15.6 Å². The minimum Gasteiger partial charge on any atom is -0.497 e. The van der Waals surface area contributed by atoms with Crippen LogP contribution in [0.2, 0.25) is 0 Å². The van der Waals surface area contributed by atoms with Crippen molar-refractivity contribution in [3.8, 4) is 27.7 Å². The first-order valence-electron chi connectivity index (χ1n) is 17.4. The Hall–Kier alpha value is -4.79. The minimum atomic E-state index is -1.42. The van der Waals surface area contributed by atoms with Crippen molar-refractivity contribution in [1.29, 1.82) is 0 Å². The smallest absolute Gasteiger partial charge is 0.330 e. The summed E-state index contributed by atoms with van der Waals surface area (Å²) in [4.78, 5) is 63.7. The first-order chi connectivity index (χ1) is 24.3. The van der Waals surface area contributed by atoms with E-state index < -0.39 is 35.5 Å². The molecule has 0 spiro atoms. The number of methoxy groups -OCH3 is 1. The lowest BCUT2D eigenvalue weighted by atomic mass is 10.0. The number of fused-ring (bicyclic) bond motifs is 2. The molecule has 4 aliphatic rings. The van der Waals surface area contributed by atoms with Crippen molar-refractivity contribution in [3.05, 3.63) is 48.0 Å². The van der Waals surface area contributed by atoms with E-state index in [9.17, 15) is 24.3 Å². The van der Waals surface area contributed by atoms with Crippen LogP contribution in [0, 0.1) is 5.92 Å². The number of nitrogens with zero attached hydrogens (tertiary/aromatic N) is 6. The summed E-state index contributed by atoms with van der Waals surface area (Å²) >= 11 is 1.43. The number of likely N-dealkylation sites (tertiary alicyclic amines) is 1. The molecule has 50 heavy (non-hydrogen) atoms. The van der Waals surface area contributed by atoms with Crippen LogP contribution in [0.15, 0.2) is 48.0 Å². The molecule has 0 bridgehead atoms. The van der Waals surface area contributed by atoms with E-state index in [0.29, 0.717) is 48.1 Å². The van der Waals surface area contributed by atoms with Crippen molar-refractivity contribution >= 4 is 35.2 Å². The van der Waals surface area contributed by atoms with Crippen LogP contribution in [-0.2, 0) is 14.4 Å². The summed E-state index contributed by atoms with van der Waals surface area (Å²) in [6, 6.07) is 4.82. The molecule has 3 aliphatic heterocycles. The van der Waals surface area contributed by atoms with E-state index in [1.807, 2.05) is 41.8 Å². The molecule has 2 aromatic heterocycles. The number of hydrogen-bond donors (Lipinski definition) is 3. The first-order valence-corrected chi connectivity index (χ1v) is 18.2. The summed E-state index contributed by atoms with van der Waals surface area (Å²) in [5, 5.41) is 28.3. The zero-order chi connectivity index (χ0) is 34.8. The number of urea groups is 1. The summed E-state index contributed by atoms with van der Waals surface area (Å²) in [5.74, 6) is -1.64. The van der Waals surface area contributed by atoms with Crippen LogP contribution >= 0.6 is 11.3 Å². The molecule has 14 nitrogen and oxygen atoms in total. The van der Waals surface area contributed by atoms with Crippen LogP contribution < -0.4 is 15.4 Å². The predicted octanol–water partition coefficient (Wildman–Crippen LogP) is 3.87. The van der Waals surface area contributed by atoms with Gasteiger partial charge >= 0.3 is 12.0 Å². The number of carboxylic acid groups (broad SMARTS) is 1. The molecule has 0 unspecified atom stereocenters. The van der Waals surface area contributed by atoms with Crippen LogP contribution in [0.4, 0.5) is 4.79 Å². The lowest BCUT2D eigenvalue weighted by molar-refractivity contribution is -0.145. The topological polar surface area (TPSA) is 172 Å². The van der Waals surface area contributed by atoms with Crippen LogP contribution in [0.25, 0.3) is 22.0 Å². The highest BCUT2D eigenvalue weighted by molar-refractivity contribution is 7.13. The molecule has 3 N–H and O–H groups in total. The Morgan fingerprint density at radius 3 is 2.56 bits per heavy atom. The Kier molecular flexibility index (Phi) is 9.58. The molecule has 5 heterocycles. The molecule has 3 fully saturated rings. The number of carbonyl (C=O) groups is 4. The molecule has 1 aromatic carbocycles. The largest absolute Gasteiger partial charge is 0.497 e. The molecule has 264 valence electrons. The van der Waals surface area contributed by atoms with Crippen LogP contribution in [0.5, 0.6) is 5.75 Å². The highest BCUT2D eigenvalue weighted by Crippen LogP contribution is 2.46. The summed E-state index contributed by atoms with van der Waals surface area (Å²) in [6.07, 6.45) is 11.5. The van der Waals surface area contributed by atoms with E-state index in [-0.39, 0.29) is 37.2 Å². The van der Waals surface area contributed by atoms with Gasteiger partial charge in [-0.2, -0.15) is 9.90 Å². The van der Waals surface area contributed by atoms with Crippen molar-refractivity contribution in [2.75, 3.05) is 26.7 Å². The van der Waals surface area contributed by atoms with Gasteiger partial charge < -0.3 is 30.3 Å². The number of carboxylic acids is 1. The highest BCUT2D eigenvalue weighted by Gasteiger charge is 2.61. The van der Waals surface area contributed by atoms with Crippen molar-refractivity contribution < 1.29 is 29.0 Å². The highest BCUT2D eigenvalue weighted by atomic mass is 32.1. The SMILES string of the molecule is COc1ccc(-c2nn([C@@H]3C[C@H]4C(=O)N[C@]5(C(=O)O)C[C@H]5C=CCCCCC[C@H](NC(=O)N5CCCC5)C(=O)N4C3)nc2-c2nccs2)cc1. The molecule has 1 saturated carbocycles. The van der Waals surface area contributed by atoms with Gasteiger partial charge in [0.05, 0.1) is 13.2 Å². The molecule has 0 radical (unpaired) electrons. The minimum absolute atomic E-state index is 0.102. The Morgan fingerprint density at radius 2 is 1.84 bits per heavy atom. The second-order valence-corrected chi connectivity index (χ2v) is 14.4. The van der Waals surface area contributed by atoms with Gasteiger partial charge in [0, 0.05) is 49.1 Å². The molecule has 4 amide bonds. The van der Waals surface area contributed by atoms with Gasteiger partial charge in [-0.05, 0) is 62.8 Å². The number of hydrogen-bond acceptors (Lipinski definition) is 9. The fourth-order valence-corrected chi connectivity index (χ4v) is 7.94. The summed E-state index contributed by atoms with van der Waals surface area (Å²) in [5.41, 5.74) is 0.535. The van der Waals surface area contributed by atoms with Crippen LogP contribution in [0.1, 0.15) is 63.8 Å². The number of thiazole rings is 1. The lowest BCUT2D eigenvalue weighted by Gasteiger charge is -2.30. The number of allylic oxidation sites excluding steroid dienone is 1. The zero-order valence-corrected chi connectivity index (χ0v) is 28.8. The molecule has 7 rings (SSSR count). The van der Waals surface area contributed by atoms with Crippen LogP contribution in [0.3, 0.4) is 0 Å². The third kappa shape index (κ3) is 6.70. The maximum atomic E-state index is 14.5. The second kappa shape index (κ2) is 14.2. The molecule has 2 saturated heterocycles. The predicted molar refractivity (Wildman–Crippen MR) is 184 cm³/mol. The lowest BCUT2D eigenvalue weighted by Crippen LogP contribution is -2.57. The molecular weight excluding hydrogens is 661 g/mol. The van der Waals surface area contributed by atoms with Gasteiger partial charge in [-0.1, -0.05) is 25.0 Å². The van der Waals surface area contributed by atoms with E-state index in [1.54, 1.807) is 23.0 Å². The Balaban J connectivity index is 1.23. The number of benzene rings is 1. The van der Waals surface area contributed by atoms with E-state index in [1.165, 1.54) is 16.2 Å². The van der Waals surface area contributed by atoms with Crippen molar-refractivity contribution in [2.24, 2.45) is 5.92 Å². The molecular formula is C35H42N8O6S. The normalized spacial score (nSPS) is 27.1. The monoisotopic (exact) mass is 702 g/mol.